The zero-order valence-electron chi connectivity index (χ0n) is 15.5. The lowest BCUT2D eigenvalue weighted by atomic mass is 10.1. The van der Waals surface area contributed by atoms with Crippen LogP contribution < -0.4 is 0 Å². The number of nitrogens with zero attached hydrogens (tertiary/aromatic N) is 4. The van der Waals surface area contributed by atoms with Crippen LogP contribution in [0, 0.1) is 0 Å². The highest BCUT2D eigenvalue weighted by molar-refractivity contribution is 5.78. The van der Waals surface area contributed by atoms with E-state index in [1.54, 1.807) is 0 Å². The number of aromatic amines is 1. The molecule has 0 bridgehead atoms. The minimum Gasteiger partial charge on any atom is -0.342 e. The number of carbonyl (C=O) groups is 1. The van der Waals surface area contributed by atoms with E-state index < -0.39 is 0 Å². The first-order valence-corrected chi connectivity index (χ1v) is 9.94. The largest absolute Gasteiger partial charge is 0.342 e. The first-order chi connectivity index (χ1) is 12.8. The van der Waals surface area contributed by atoms with E-state index in [4.69, 9.17) is 4.98 Å². The first kappa shape index (κ1) is 17.5. The molecule has 26 heavy (non-hydrogen) atoms. The number of hydrogen-bond donors (Lipinski definition) is 1. The highest BCUT2D eigenvalue weighted by Crippen LogP contribution is 2.14. The van der Waals surface area contributed by atoms with Gasteiger partial charge in [0.1, 0.15) is 5.82 Å². The molecule has 0 unspecified atom stereocenters. The number of rotatable bonds is 4. The molecular formula is C20H29N5O. The molecule has 0 atom stereocenters. The molecule has 2 aromatic rings. The van der Waals surface area contributed by atoms with E-state index in [2.05, 4.69) is 25.8 Å². The van der Waals surface area contributed by atoms with Crippen LogP contribution in [-0.2, 0) is 11.3 Å². The number of aromatic nitrogens is 2. The summed E-state index contributed by atoms with van der Waals surface area (Å²) >= 11 is 0. The van der Waals surface area contributed by atoms with E-state index in [1.807, 2.05) is 18.2 Å². The van der Waals surface area contributed by atoms with Crippen LogP contribution in [0.3, 0.4) is 0 Å². The van der Waals surface area contributed by atoms with Gasteiger partial charge in [-0.3, -0.25) is 14.6 Å². The molecule has 6 nitrogen and oxygen atoms in total. The normalized spacial score (nSPS) is 20.4. The van der Waals surface area contributed by atoms with E-state index in [9.17, 15) is 4.79 Å². The van der Waals surface area contributed by atoms with Gasteiger partial charge in [-0.2, -0.15) is 0 Å². The van der Waals surface area contributed by atoms with Crippen molar-refractivity contribution in [2.45, 2.75) is 32.2 Å². The summed E-state index contributed by atoms with van der Waals surface area (Å²) in [7, 11) is 0. The van der Waals surface area contributed by atoms with Gasteiger partial charge in [-0.1, -0.05) is 12.1 Å². The van der Waals surface area contributed by atoms with Crippen molar-refractivity contribution in [3.63, 3.8) is 0 Å². The summed E-state index contributed by atoms with van der Waals surface area (Å²) < 4.78 is 0. The fourth-order valence-corrected chi connectivity index (χ4v) is 4.07. The molecule has 2 aliphatic rings. The first-order valence-electron chi connectivity index (χ1n) is 9.94. The molecule has 1 aromatic heterocycles. The van der Waals surface area contributed by atoms with Gasteiger partial charge in [-0.05, 0) is 50.9 Å². The van der Waals surface area contributed by atoms with E-state index >= 15 is 0 Å². The predicted molar refractivity (Wildman–Crippen MR) is 103 cm³/mol. The number of hydrogen-bond acceptors (Lipinski definition) is 4. The summed E-state index contributed by atoms with van der Waals surface area (Å²) in [5, 5.41) is 0. The average molecular weight is 355 g/mol. The molecule has 140 valence electrons. The Balaban J connectivity index is 1.29. The second-order valence-corrected chi connectivity index (χ2v) is 7.55. The maximum absolute atomic E-state index is 12.5. The molecule has 0 spiro atoms. The standard InChI is InChI=1S/C20H29N5O/c26-20(25-11-4-1-5-12-25)16-24-10-6-9-23(13-14-24)15-19-21-17-7-2-3-8-18(17)22-19/h2-3,7-8H,1,4-6,9-16H2,(H,21,22). The molecule has 2 fully saturated rings. The second-order valence-electron chi connectivity index (χ2n) is 7.55. The van der Waals surface area contributed by atoms with Crippen molar-refractivity contribution in [3.8, 4) is 0 Å². The molecule has 4 rings (SSSR count). The monoisotopic (exact) mass is 355 g/mol. The number of H-pyrrole nitrogens is 1. The van der Waals surface area contributed by atoms with Crippen LogP contribution in [0.2, 0.25) is 0 Å². The molecule has 1 aromatic carbocycles. The SMILES string of the molecule is O=C(CN1CCCN(Cc2nc3ccccc3[nH]2)CC1)N1CCCCC1. The van der Waals surface area contributed by atoms with E-state index in [-0.39, 0.29) is 0 Å². The summed E-state index contributed by atoms with van der Waals surface area (Å²) in [6, 6.07) is 8.18. The third-order valence-corrected chi connectivity index (χ3v) is 5.56. The van der Waals surface area contributed by atoms with Gasteiger partial charge >= 0.3 is 0 Å². The number of para-hydroxylation sites is 2. The van der Waals surface area contributed by atoms with Gasteiger partial charge in [0.2, 0.25) is 5.91 Å². The Morgan fingerprint density at radius 1 is 0.923 bits per heavy atom. The number of likely N-dealkylation sites (tertiary alicyclic amines) is 1. The van der Waals surface area contributed by atoms with Gasteiger partial charge in [0.05, 0.1) is 24.1 Å². The Morgan fingerprint density at radius 3 is 2.54 bits per heavy atom. The van der Waals surface area contributed by atoms with E-state index in [0.29, 0.717) is 12.5 Å². The van der Waals surface area contributed by atoms with Crippen molar-refractivity contribution in [1.82, 2.24) is 24.7 Å². The fourth-order valence-electron chi connectivity index (χ4n) is 4.07. The maximum Gasteiger partial charge on any atom is 0.236 e. The molecule has 6 heteroatoms. The molecule has 0 radical (unpaired) electrons. The van der Waals surface area contributed by atoms with Crippen molar-refractivity contribution in [3.05, 3.63) is 30.1 Å². The second kappa shape index (κ2) is 8.18. The third kappa shape index (κ3) is 4.24. The van der Waals surface area contributed by atoms with Gasteiger partial charge in [0.15, 0.2) is 0 Å². The molecule has 2 saturated heterocycles. The number of piperidine rings is 1. The van der Waals surface area contributed by atoms with Gasteiger partial charge in [0, 0.05) is 26.2 Å². The topological polar surface area (TPSA) is 55.5 Å². The Labute approximate surface area is 155 Å². The Morgan fingerprint density at radius 2 is 1.69 bits per heavy atom. The lowest BCUT2D eigenvalue weighted by Crippen LogP contribution is -2.43. The van der Waals surface area contributed by atoms with Crippen molar-refractivity contribution >= 4 is 16.9 Å². The molecule has 0 aliphatic carbocycles. The quantitative estimate of drug-likeness (QED) is 0.912. The highest BCUT2D eigenvalue weighted by Gasteiger charge is 2.22. The van der Waals surface area contributed by atoms with Crippen molar-refractivity contribution in [2.24, 2.45) is 0 Å². The van der Waals surface area contributed by atoms with Crippen molar-refractivity contribution in [1.29, 1.82) is 0 Å². The van der Waals surface area contributed by atoms with Crippen LogP contribution in [-0.4, -0.2) is 76.4 Å². The molecular weight excluding hydrogens is 326 g/mol. The average Bonchev–Trinajstić information content (AvgIpc) is 2.95. The number of carbonyl (C=O) groups excluding carboxylic acids is 1. The fraction of sp³-hybridized carbons (Fsp3) is 0.600. The molecule has 1 N–H and O–H groups in total. The lowest BCUT2D eigenvalue weighted by Gasteiger charge is -2.29. The molecule has 1 amide bonds. The lowest BCUT2D eigenvalue weighted by molar-refractivity contribution is -0.133. The van der Waals surface area contributed by atoms with E-state index in [0.717, 1.165) is 81.9 Å². The Bertz CT molecular complexity index is 704. The van der Waals surface area contributed by atoms with Crippen LogP contribution in [0.25, 0.3) is 11.0 Å². The van der Waals surface area contributed by atoms with Gasteiger partial charge in [0.25, 0.3) is 0 Å². The zero-order valence-corrected chi connectivity index (χ0v) is 15.5. The van der Waals surface area contributed by atoms with Crippen molar-refractivity contribution < 1.29 is 4.79 Å². The maximum atomic E-state index is 12.5. The molecule has 0 saturated carbocycles. The van der Waals surface area contributed by atoms with Gasteiger partial charge in [-0.25, -0.2) is 4.98 Å². The summed E-state index contributed by atoms with van der Waals surface area (Å²) in [6.07, 6.45) is 4.70. The van der Waals surface area contributed by atoms with Crippen LogP contribution >= 0.6 is 0 Å². The Hall–Kier alpha value is -1.92. The highest BCUT2D eigenvalue weighted by atomic mass is 16.2. The van der Waals surface area contributed by atoms with E-state index in [1.165, 1.54) is 6.42 Å². The molecule has 2 aliphatic heterocycles. The van der Waals surface area contributed by atoms with Crippen LogP contribution in [0.5, 0.6) is 0 Å². The number of nitrogens with one attached hydrogen (secondary N) is 1. The zero-order chi connectivity index (χ0) is 17.8. The van der Waals surface area contributed by atoms with Gasteiger partial charge < -0.3 is 9.88 Å². The van der Waals surface area contributed by atoms with Crippen LogP contribution in [0.1, 0.15) is 31.5 Å². The summed E-state index contributed by atoms with van der Waals surface area (Å²) in [4.78, 5) is 27.5. The number of amides is 1. The third-order valence-electron chi connectivity index (χ3n) is 5.56. The number of imidazole rings is 1. The minimum absolute atomic E-state index is 0.315. The van der Waals surface area contributed by atoms with Crippen LogP contribution in [0.15, 0.2) is 24.3 Å². The number of benzene rings is 1. The minimum atomic E-state index is 0.315. The summed E-state index contributed by atoms with van der Waals surface area (Å²) in [6.45, 7) is 7.35. The summed E-state index contributed by atoms with van der Waals surface area (Å²) in [5.41, 5.74) is 2.14. The number of fused-ring (bicyclic) bond motifs is 1. The smallest absolute Gasteiger partial charge is 0.236 e. The Kier molecular flexibility index (Phi) is 5.51. The summed E-state index contributed by atoms with van der Waals surface area (Å²) in [5.74, 6) is 1.35. The predicted octanol–water partition coefficient (Wildman–Crippen LogP) is 2.08. The molecule has 3 heterocycles. The van der Waals surface area contributed by atoms with Gasteiger partial charge in [-0.15, -0.1) is 0 Å². The van der Waals surface area contributed by atoms with Crippen LogP contribution in [0.4, 0.5) is 0 Å². The van der Waals surface area contributed by atoms with Crippen molar-refractivity contribution in [2.75, 3.05) is 45.8 Å².